The van der Waals surface area contributed by atoms with Gasteiger partial charge in [0.2, 0.25) is 0 Å². The van der Waals surface area contributed by atoms with E-state index in [-0.39, 0.29) is 21.4 Å². The topological polar surface area (TPSA) is 92.5 Å². The van der Waals surface area contributed by atoms with Gasteiger partial charge in [0.15, 0.2) is 0 Å². The molecule has 0 atom stereocenters. The number of carboxylic acids is 1. The molecule has 8 heteroatoms. The Balaban J connectivity index is 2.53. The van der Waals surface area contributed by atoms with Crippen molar-refractivity contribution in [2.45, 2.75) is 0 Å². The number of hydrogen-bond donors (Lipinski definition) is 2. The van der Waals surface area contributed by atoms with Gasteiger partial charge in [0.1, 0.15) is 11.5 Å². The number of halogens is 2. The quantitative estimate of drug-likeness (QED) is 0.640. The lowest BCUT2D eigenvalue weighted by atomic mass is 10.1. The summed E-state index contributed by atoms with van der Waals surface area (Å²) in [7, 11) is 0. The first-order valence-electron chi connectivity index (χ1n) is 5.63. The van der Waals surface area contributed by atoms with Crippen LogP contribution in [0.2, 0.25) is 0 Å². The van der Waals surface area contributed by atoms with Crippen molar-refractivity contribution in [1.82, 2.24) is 0 Å². The molecule has 0 aliphatic heterocycles. The molecule has 0 unspecified atom stereocenters. The second-order valence-corrected chi connectivity index (χ2v) is 4.87. The maximum Gasteiger partial charge on any atom is 0.338 e. The van der Waals surface area contributed by atoms with Gasteiger partial charge in [0.05, 0.1) is 15.0 Å². The molecule has 0 amide bonds. The van der Waals surface area contributed by atoms with Crippen LogP contribution in [0.3, 0.4) is 0 Å². The van der Waals surface area contributed by atoms with Crippen LogP contribution in [-0.2, 0) is 0 Å². The fraction of sp³-hybridized carbons (Fsp3) is 0. The molecule has 0 fully saturated rings. The molecule has 2 aromatic rings. The number of rotatable bonds is 4. The van der Waals surface area contributed by atoms with Crippen molar-refractivity contribution in [3.05, 3.63) is 62.4 Å². The lowest BCUT2D eigenvalue weighted by Gasteiger charge is -2.10. The maximum atomic E-state index is 13.2. The third-order valence-corrected chi connectivity index (χ3v) is 3.27. The fourth-order valence-electron chi connectivity index (χ4n) is 1.72. The number of nitrogens with one attached hydrogen (secondary N) is 1. The van der Waals surface area contributed by atoms with Crippen molar-refractivity contribution >= 4 is 39.0 Å². The standard InChI is InChI=1S/C13H8BrFN2O4/c14-9-6-7(4-5-10(9)15)16-12-8(13(18)19)2-1-3-11(12)17(20)21/h1-6,16H,(H,18,19). The summed E-state index contributed by atoms with van der Waals surface area (Å²) >= 11 is 2.99. The van der Waals surface area contributed by atoms with Crippen molar-refractivity contribution in [1.29, 1.82) is 0 Å². The molecule has 2 rings (SSSR count). The molecule has 2 aromatic carbocycles. The minimum atomic E-state index is -1.30. The Morgan fingerprint density at radius 2 is 2.05 bits per heavy atom. The minimum absolute atomic E-state index is 0.156. The summed E-state index contributed by atoms with van der Waals surface area (Å²) in [5, 5.41) is 22.8. The van der Waals surface area contributed by atoms with Crippen LogP contribution < -0.4 is 5.32 Å². The van der Waals surface area contributed by atoms with Gasteiger partial charge in [0, 0.05) is 11.8 Å². The number of nitrogens with zero attached hydrogens (tertiary/aromatic N) is 1. The lowest BCUT2D eigenvalue weighted by Crippen LogP contribution is -2.06. The van der Waals surface area contributed by atoms with Crippen LogP contribution in [0.4, 0.5) is 21.5 Å². The van der Waals surface area contributed by atoms with Gasteiger partial charge in [-0.3, -0.25) is 10.1 Å². The Morgan fingerprint density at radius 3 is 2.62 bits per heavy atom. The average Bonchev–Trinajstić information content (AvgIpc) is 2.42. The second kappa shape index (κ2) is 5.88. The molecular formula is C13H8BrFN2O4. The smallest absolute Gasteiger partial charge is 0.338 e. The summed E-state index contributed by atoms with van der Waals surface area (Å²) in [6.07, 6.45) is 0. The highest BCUT2D eigenvalue weighted by Crippen LogP contribution is 2.32. The monoisotopic (exact) mass is 354 g/mol. The largest absolute Gasteiger partial charge is 0.478 e. The van der Waals surface area contributed by atoms with E-state index in [0.29, 0.717) is 5.69 Å². The summed E-state index contributed by atoms with van der Waals surface area (Å²) in [6.45, 7) is 0. The lowest BCUT2D eigenvalue weighted by molar-refractivity contribution is -0.383. The van der Waals surface area contributed by atoms with Crippen LogP contribution >= 0.6 is 15.9 Å². The van der Waals surface area contributed by atoms with Crippen LogP contribution in [0.1, 0.15) is 10.4 Å². The van der Waals surface area contributed by atoms with Crippen molar-refractivity contribution < 1.29 is 19.2 Å². The summed E-state index contributed by atoms with van der Waals surface area (Å²) in [5.74, 6) is -1.80. The number of nitro benzene ring substituents is 1. The molecule has 6 nitrogen and oxygen atoms in total. The number of carbonyl (C=O) groups is 1. The Kier molecular flexibility index (Phi) is 4.18. The van der Waals surface area contributed by atoms with Crippen LogP contribution in [0.15, 0.2) is 40.9 Å². The number of aromatic carboxylic acids is 1. The molecule has 0 saturated heterocycles. The molecule has 21 heavy (non-hydrogen) atoms. The fourth-order valence-corrected chi connectivity index (χ4v) is 2.10. The summed E-state index contributed by atoms with van der Waals surface area (Å²) in [5.41, 5.74) is -0.464. The Labute approximate surface area is 126 Å². The summed E-state index contributed by atoms with van der Waals surface area (Å²) in [4.78, 5) is 21.5. The van der Waals surface area contributed by atoms with Crippen LogP contribution in [0.5, 0.6) is 0 Å². The third-order valence-electron chi connectivity index (χ3n) is 2.66. The Bertz CT molecular complexity index is 704. The summed E-state index contributed by atoms with van der Waals surface area (Å²) in [6, 6.07) is 7.58. The van der Waals surface area contributed by atoms with Gasteiger partial charge in [0.25, 0.3) is 5.69 Å². The van der Waals surface area contributed by atoms with Gasteiger partial charge in [-0.25, -0.2) is 9.18 Å². The van der Waals surface area contributed by atoms with E-state index in [9.17, 15) is 19.3 Å². The molecule has 0 bridgehead atoms. The number of hydrogen-bond acceptors (Lipinski definition) is 4. The van der Waals surface area contributed by atoms with E-state index < -0.39 is 16.7 Å². The highest BCUT2D eigenvalue weighted by atomic mass is 79.9. The number of anilines is 2. The van der Waals surface area contributed by atoms with E-state index in [1.807, 2.05) is 0 Å². The summed E-state index contributed by atoms with van der Waals surface area (Å²) < 4.78 is 13.3. The molecule has 0 aliphatic rings. The first-order valence-corrected chi connectivity index (χ1v) is 6.42. The molecule has 2 N–H and O–H groups in total. The van der Waals surface area contributed by atoms with Crippen molar-refractivity contribution in [2.24, 2.45) is 0 Å². The SMILES string of the molecule is O=C(O)c1cccc([N+](=O)[O-])c1Nc1ccc(F)c(Br)c1. The zero-order valence-corrected chi connectivity index (χ0v) is 11.9. The first kappa shape index (κ1) is 14.9. The molecule has 0 saturated carbocycles. The van der Waals surface area contributed by atoms with E-state index in [1.54, 1.807) is 0 Å². The number of benzene rings is 2. The predicted molar refractivity (Wildman–Crippen MR) is 77.4 cm³/mol. The van der Waals surface area contributed by atoms with Crippen molar-refractivity contribution in [3.8, 4) is 0 Å². The van der Waals surface area contributed by atoms with E-state index in [4.69, 9.17) is 5.11 Å². The molecule has 0 spiro atoms. The Hall–Kier alpha value is -2.48. The van der Waals surface area contributed by atoms with E-state index in [0.717, 1.165) is 6.07 Å². The van der Waals surface area contributed by atoms with E-state index >= 15 is 0 Å². The maximum absolute atomic E-state index is 13.2. The van der Waals surface area contributed by atoms with E-state index in [2.05, 4.69) is 21.2 Å². The minimum Gasteiger partial charge on any atom is -0.478 e. The zero-order valence-electron chi connectivity index (χ0n) is 10.3. The van der Waals surface area contributed by atoms with Crippen LogP contribution in [0.25, 0.3) is 0 Å². The Morgan fingerprint density at radius 1 is 1.33 bits per heavy atom. The molecule has 0 radical (unpaired) electrons. The van der Waals surface area contributed by atoms with Crippen molar-refractivity contribution in [2.75, 3.05) is 5.32 Å². The molecule has 0 heterocycles. The van der Waals surface area contributed by atoms with Crippen LogP contribution in [0, 0.1) is 15.9 Å². The van der Waals surface area contributed by atoms with Gasteiger partial charge in [-0.15, -0.1) is 0 Å². The normalized spacial score (nSPS) is 10.2. The van der Waals surface area contributed by atoms with Gasteiger partial charge in [-0.05, 0) is 40.2 Å². The molecular weight excluding hydrogens is 347 g/mol. The molecule has 0 aliphatic carbocycles. The van der Waals surface area contributed by atoms with Crippen molar-refractivity contribution in [3.63, 3.8) is 0 Å². The average molecular weight is 355 g/mol. The highest BCUT2D eigenvalue weighted by Gasteiger charge is 2.21. The zero-order chi connectivity index (χ0) is 15.6. The van der Waals surface area contributed by atoms with Gasteiger partial charge in [-0.1, -0.05) is 6.07 Å². The predicted octanol–water partition coefficient (Wildman–Crippen LogP) is 3.94. The van der Waals surface area contributed by atoms with Crippen LogP contribution in [-0.4, -0.2) is 16.0 Å². The highest BCUT2D eigenvalue weighted by molar-refractivity contribution is 9.10. The van der Waals surface area contributed by atoms with Gasteiger partial charge < -0.3 is 10.4 Å². The second-order valence-electron chi connectivity index (χ2n) is 4.02. The molecule has 0 aromatic heterocycles. The molecule has 108 valence electrons. The van der Waals surface area contributed by atoms with Gasteiger partial charge >= 0.3 is 5.97 Å². The van der Waals surface area contributed by atoms with Gasteiger partial charge in [-0.2, -0.15) is 0 Å². The first-order chi connectivity index (χ1) is 9.90. The number of carboxylic acid groups (broad SMARTS) is 1. The number of para-hydroxylation sites is 1. The third kappa shape index (κ3) is 3.16. The number of nitro groups is 1. The van der Waals surface area contributed by atoms with E-state index in [1.165, 1.54) is 30.3 Å².